The van der Waals surface area contributed by atoms with Crippen molar-refractivity contribution >= 4 is 44.3 Å². The number of nitrogens with one attached hydrogen (secondary N) is 3. The number of terminal acetylenes is 2. The lowest BCUT2D eigenvalue weighted by atomic mass is 9.87. The zero-order chi connectivity index (χ0) is 35.4. The number of likely N-dealkylation sites (tertiary alicyclic amines) is 1. The Morgan fingerprint density at radius 1 is 1.02 bits per heavy atom. The molecule has 12 nitrogen and oxygen atoms in total. The van der Waals surface area contributed by atoms with Crippen LogP contribution in [0.3, 0.4) is 0 Å². The fraction of sp³-hybridized carbons (Fsp3) is 0.516. The van der Waals surface area contributed by atoms with Gasteiger partial charge in [0.15, 0.2) is 0 Å². The molecule has 3 aliphatic rings. The van der Waals surface area contributed by atoms with Gasteiger partial charge < -0.3 is 15.4 Å². The van der Waals surface area contributed by atoms with Gasteiger partial charge in [0.2, 0.25) is 32.4 Å². The number of carbonyl (C=O) groups is 3. The van der Waals surface area contributed by atoms with Gasteiger partial charge in [0.1, 0.15) is 6.29 Å². The second kappa shape index (κ2) is 21.1. The number of amides is 2. The summed E-state index contributed by atoms with van der Waals surface area (Å²) < 4.78 is 45.5. The van der Waals surface area contributed by atoms with Crippen LogP contribution in [0.5, 0.6) is 0 Å². The Morgan fingerprint density at radius 3 is 1.96 bits per heavy atom. The summed E-state index contributed by atoms with van der Waals surface area (Å²) in [5.41, 5.74) is 0.285. The van der Waals surface area contributed by atoms with Crippen molar-refractivity contribution < 1.29 is 31.2 Å². The smallest absolute Gasteiger partial charge is 0.238 e. The molecule has 1 aliphatic heterocycles. The summed E-state index contributed by atoms with van der Waals surface area (Å²) in [7, 11) is -4.95. The Balaban J connectivity index is 0. The second-order valence-corrected chi connectivity index (χ2v) is 14.7. The average Bonchev–Trinajstić information content (AvgIpc) is 3.94. The molecule has 2 aliphatic carbocycles. The van der Waals surface area contributed by atoms with Crippen LogP contribution in [0, 0.1) is 31.1 Å². The summed E-state index contributed by atoms with van der Waals surface area (Å²) in [6.07, 6.45) is 22.9. The highest BCUT2D eigenvalue weighted by atomic mass is 32.2. The van der Waals surface area contributed by atoms with Crippen LogP contribution in [0.4, 0.5) is 5.69 Å². The Bertz CT molecular complexity index is 1310. The van der Waals surface area contributed by atoms with Crippen molar-refractivity contribution in [1.29, 1.82) is 0 Å². The van der Waals surface area contributed by atoms with Gasteiger partial charge in [0.05, 0.1) is 22.2 Å². The third-order valence-corrected chi connectivity index (χ3v) is 9.16. The van der Waals surface area contributed by atoms with Crippen LogP contribution in [-0.2, 0) is 34.4 Å². The van der Waals surface area contributed by atoms with Gasteiger partial charge in [-0.2, -0.15) is 0 Å². The lowest BCUT2D eigenvalue weighted by molar-refractivity contribution is -0.125. The molecule has 0 radical (unpaired) electrons. The van der Waals surface area contributed by atoms with E-state index in [0.717, 1.165) is 19.3 Å². The zero-order valence-electron chi connectivity index (χ0n) is 26.6. The highest BCUT2D eigenvalue weighted by molar-refractivity contribution is 7.90. The van der Waals surface area contributed by atoms with Gasteiger partial charge in [-0.3, -0.25) is 19.2 Å². The first-order valence-corrected chi connectivity index (χ1v) is 17.1. The summed E-state index contributed by atoms with van der Waals surface area (Å²) in [5.74, 6) is 0.248. The molecule has 2 saturated carbocycles. The Morgan fingerprint density at radius 2 is 1.58 bits per heavy atom. The molecule has 0 bridgehead atoms. The number of nitrogens with two attached hydrogens (primary N) is 1. The van der Waals surface area contributed by atoms with Crippen LogP contribution in [0.25, 0.3) is 0 Å². The molecule has 5 N–H and O–H groups in total. The minimum absolute atomic E-state index is 0.0195. The monoisotopic (exact) mass is 667 g/mol. The molecule has 1 unspecified atom stereocenters. The molecule has 1 saturated heterocycles. The first kappa shape index (κ1) is 43.4. The van der Waals surface area contributed by atoms with Crippen molar-refractivity contribution in [3.8, 4) is 25.7 Å². The number of hydrogen-bond acceptors (Lipinski definition) is 9. The van der Waals surface area contributed by atoms with Crippen molar-refractivity contribution in [2.75, 3.05) is 18.9 Å². The zero-order valence-corrected chi connectivity index (χ0v) is 28.3. The maximum Gasteiger partial charge on any atom is 0.238 e. The SMILES string of the molecule is C#C.C#C.C=C.CC(C)(C)C(C=O)Nc1cccc(S(N)(=O)=O)c1.CN1CCC[C@H]1C(=O)NC1CC1.O=CNS(=O)(=O)C1CC1. The van der Waals surface area contributed by atoms with Crippen molar-refractivity contribution in [3.05, 3.63) is 37.4 Å². The number of anilines is 1. The lowest BCUT2D eigenvalue weighted by Crippen LogP contribution is -2.42. The van der Waals surface area contributed by atoms with Crippen LogP contribution in [0.1, 0.15) is 59.3 Å². The number of benzene rings is 1. The molecule has 1 heterocycles. The van der Waals surface area contributed by atoms with E-state index in [2.05, 4.69) is 54.4 Å². The van der Waals surface area contributed by atoms with Crippen LogP contribution in [0.15, 0.2) is 42.3 Å². The van der Waals surface area contributed by atoms with Gasteiger partial charge in [-0.05, 0) is 75.7 Å². The predicted molar refractivity (Wildman–Crippen MR) is 180 cm³/mol. The molecular weight excluding hydrogens is 619 g/mol. The Labute approximate surface area is 270 Å². The Kier molecular flexibility index (Phi) is 20.4. The fourth-order valence-electron chi connectivity index (χ4n) is 3.71. The number of likely N-dealkylation sites (N-methyl/N-ethyl adjacent to an activating group) is 1. The molecule has 0 spiro atoms. The van der Waals surface area contributed by atoms with E-state index < -0.39 is 26.1 Å². The maximum absolute atomic E-state index is 11.6. The van der Waals surface area contributed by atoms with Crippen molar-refractivity contribution in [2.45, 2.75) is 87.6 Å². The average molecular weight is 668 g/mol. The summed E-state index contributed by atoms with van der Waals surface area (Å²) in [5, 5.41) is 10.8. The van der Waals surface area contributed by atoms with E-state index >= 15 is 0 Å². The van der Waals surface area contributed by atoms with E-state index in [1.807, 2.05) is 27.8 Å². The van der Waals surface area contributed by atoms with Crippen LogP contribution in [-0.4, -0.2) is 77.3 Å². The lowest BCUT2D eigenvalue weighted by Gasteiger charge is -2.27. The van der Waals surface area contributed by atoms with Gasteiger partial charge in [0, 0.05) is 11.7 Å². The fourth-order valence-corrected chi connectivity index (χ4v) is 5.35. The molecular formula is C31H49N5O7S2. The van der Waals surface area contributed by atoms with E-state index in [9.17, 15) is 31.2 Å². The molecule has 2 amide bonds. The molecule has 0 aromatic heterocycles. The highest BCUT2D eigenvalue weighted by Gasteiger charge is 2.35. The molecule has 3 fully saturated rings. The van der Waals surface area contributed by atoms with Crippen molar-refractivity contribution in [3.63, 3.8) is 0 Å². The summed E-state index contributed by atoms with van der Waals surface area (Å²) >= 11 is 0. The van der Waals surface area contributed by atoms with Crippen LogP contribution in [0.2, 0.25) is 0 Å². The van der Waals surface area contributed by atoms with Crippen molar-refractivity contribution in [2.24, 2.45) is 10.6 Å². The van der Waals surface area contributed by atoms with Crippen LogP contribution < -0.4 is 20.5 Å². The number of rotatable bonds is 9. The first-order chi connectivity index (χ1) is 21.1. The summed E-state index contributed by atoms with van der Waals surface area (Å²) in [4.78, 5) is 34.4. The normalized spacial score (nSPS) is 17.8. The number of nitrogens with zero attached hydrogens (tertiary/aromatic N) is 1. The largest absolute Gasteiger partial charge is 0.375 e. The summed E-state index contributed by atoms with van der Waals surface area (Å²) in [6.45, 7) is 12.8. The van der Waals surface area contributed by atoms with Crippen molar-refractivity contribution in [1.82, 2.24) is 14.9 Å². The van der Waals surface area contributed by atoms with Gasteiger partial charge in [-0.25, -0.2) is 22.0 Å². The van der Waals surface area contributed by atoms with E-state index in [1.165, 1.54) is 31.4 Å². The molecule has 1 aromatic rings. The highest BCUT2D eigenvalue weighted by Crippen LogP contribution is 2.27. The van der Waals surface area contributed by atoms with E-state index in [4.69, 9.17) is 5.14 Å². The van der Waals surface area contributed by atoms with Gasteiger partial charge >= 0.3 is 0 Å². The minimum Gasteiger partial charge on any atom is -0.375 e. The number of aldehydes is 1. The molecule has 4 rings (SSSR count). The number of carbonyl (C=O) groups excluding carboxylic acids is 3. The maximum atomic E-state index is 11.6. The van der Waals surface area contributed by atoms with Gasteiger partial charge in [0.25, 0.3) is 0 Å². The minimum atomic E-state index is -3.73. The molecule has 45 heavy (non-hydrogen) atoms. The standard InChI is InChI=1S/C12H18N2O3S.C9H16N2O.C4H7NO3S.C2H4.2C2H2/c1-12(2,3)11(8-15)14-9-5-4-6-10(7-9)18(13,16)17;1-11-6-2-3-8(11)9(12)10-7-4-5-7;6-3-5-9(7,8)4-1-2-4;3*1-2/h4-8,11,14H,1-3H3,(H2,13,16,17);7-8H,2-6H2,1H3,(H,10,12);3-4H,1-2H2,(H,5,6);1-2H2;2*1-2H/t;8-;;;;/m.0..../s1. The van der Waals surface area contributed by atoms with Gasteiger partial charge in [-0.15, -0.1) is 38.9 Å². The van der Waals surface area contributed by atoms with E-state index in [1.54, 1.807) is 16.9 Å². The second-order valence-electron chi connectivity index (χ2n) is 11.1. The predicted octanol–water partition coefficient (Wildman–Crippen LogP) is 2.24. The molecule has 1 aromatic carbocycles. The van der Waals surface area contributed by atoms with Gasteiger partial charge in [-0.1, -0.05) is 26.8 Å². The first-order valence-electron chi connectivity index (χ1n) is 14.0. The van der Waals surface area contributed by atoms with E-state index in [-0.39, 0.29) is 33.9 Å². The Hall–Kier alpha value is -3.69. The number of sulfonamides is 2. The number of primary sulfonamides is 1. The molecule has 252 valence electrons. The molecule has 14 heteroatoms. The third-order valence-electron chi connectivity index (χ3n) is 6.48. The van der Waals surface area contributed by atoms with E-state index in [0.29, 0.717) is 24.6 Å². The topological polar surface area (TPSA) is 185 Å². The quantitative estimate of drug-likeness (QED) is 0.174. The third kappa shape index (κ3) is 17.4. The van der Waals surface area contributed by atoms with Crippen LogP contribution >= 0.6 is 0 Å². The number of hydrogen-bond donors (Lipinski definition) is 4. The molecule has 2 atom stereocenters. The summed E-state index contributed by atoms with van der Waals surface area (Å²) in [6, 6.07) is 6.35.